The summed E-state index contributed by atoms with van der Waals surface area (Å²) in [4.78, 5) is 1.54. The Morgan fingerprint density at radius 1 is 1.24 bits per heavy atom. The molecule has 1 fully saturated rings. The Balaban J connectivity index is 1.80. The zero-order valence-electron chi connectivity index (χ0n) is 11.8. The second-order valence-corrected chi connectivity index (χ2v) is 7.96. The van der Waals surface area contributed by atoms with Crippen molar-refractivity contribution in [3.63, 3.8) is 0 Å². The highest BCUT2D eigenvalue weighted by molar-refractivity contribution is 7.89. The van der Waals surface area contributed by atoms with Crippen LogP contribution in [0.5, 0.6) is 0 Å². The number of hydrogen-bond acceptors (Lipinski definition) is 4. The van der Waals surface area contributed by atoms with Crippen molar-refractivity contribution in [1.29, 1.82) is 0 Å². The molecule has 21 heavy (non-hydrogen) atoms. The van der Waals surface area contributed by atoms with Gasteiger partial charge in [0.2, 0.25) is 10.0 Å². The molecule has 0 aliphatic heterocycles. The molecule has 0 amide bonds. The maximum Gasteiger partial charge on any atom is 0.242 e. The fourth-order valence-electron chi connectivity index (χ4n) is 2.09. The average Bonchev–Trinajstić information content (AvgIpc) is 3.16. The lowest BCUT2D eigenvalue weighted by atomic mass is 10.2. The van der Waals surface area contributed by atoms with Crippen LogP contribution in [-0.2, 0) is 16.6 Å². The SMILES string of the molecule is Cc1ccsc1CNc1ccccc1S(=O)(=O)NC1CC1. The van der Waals surface area contributed by atoms with Gasteiger partial charge >= 0.3 is 0 Å². The third kappa shape index (κ3) is 3.45. The van der Waals surface area contributed by atoms with Crippen molar-refractivity contribution in [3.05, 3.63) is 46.2 Å². The van der Waals surface area contributed by atoms with Gasteiger partial charge in [0, 0.05) is 17.5 Å². The Hall–Kier alpha value is -1.37. The van der Waals surface area contributed by atoms with Gasteiger partial charge in [0.15, 0.2) is 0 Å². The van der Waals surface area contributed by atoms with Crippen LogP contribution >= 0.6 is 11.3 Å². The minimum absolute atomic E-state index is 0.114. The highest BCUT2D eigenvalue weighted by Gasteiger charge is 2.29. The molecule has 1 heterocycles. The van der Waals surface area contributed by atoms with E-state index in [4.69, 9.17) is 0 Å². The van der Waals surface area contributed by atoms with Crippen molar-refractivity contribution in [3.8, 4) is 0 Å². The van der Waals surface area contributed by atoms with Gasteiger partial charge in [0.05, 0.1) is 5.69 Å². The number of sulfonamides is 1. The number of hydrogen-bond donors (Lipinski definition) is 2. The lowest BCUT2D eigenvalue weighted by Gasteiger charge is -2.13. The predicted octanol–water partition coefficient (Wildman–Crippen LogP) is 3.11. The van der Waals surface area contributed by atoms with Gasteiger partial charge in [-0.15, -0.1) is 11.3 Å². The van der Waals surface area contributed by atoms with Crippen LogP contribution in [0.4, 0.5) is 5.69 Å². The van der Waals surface area contributed by atoms with E-state index in [-0.39, 0.29) is 6.04 Å². The van der Waals surface area contributed by atoms with E-state index in [0.29, 0.717) is 17.1 Å². The summed E-state index contributed by atoms with van der Waals surface area (Å²) in [6.45, 7) is 2.70. The highest BCUT2D eigenvalue weighted by atomic mass is 32.2. The summed E-state index contributed by atoms with van der Waals surface area (Å²) in [5, 5.41) is 5.29. The summed E-state index contributed by atoms with van der Waals surface area (Å²) in [7, 11) is -3.44. The van der Waals surface area contributed by atoms with Gasteiger partial charge in [-0.25, -0.2) is 13.1 Å². The molecule has 112 valence electrons. The Labute approximate surface area is 129 Å². The molecule has 1 aliphatic rings. The molecule has 0 bridgehead atoms. The van der Waals surface area contributed by atoms with E-state index in [1.807, 2.05) is 17.5 Å². The first-order valence-electron chi connectivity index (χ1n) is 6.94. The van der Waals surface area contributed by atoms with Gasteiger partial charge in [-0.1, -0.05) is 12.1 Å². The van der Waals surface area contributed by atoms with Crippen LogP contribution in [0.25, 0.3) is 0 Å². The summed E-state index contributed by atoms with van der Waals surface area (Å²) >= 11 is 1.68. The van der Waals surface area contributed by atoms with Gasteiger partial charge < -0.3 is 5.32 Å². The van der Waals surface area contributed by atoms with Gasteiger partial charge in [0.25, 0.3) is 0 Å². The third-order valence-electron chi connectivity index (χ3n) is 3.48. The Bertz CT molecular complexity index is 734. The summed E-state index contributed by atoms with van der Waals surface area (Å²) in [6, 6.07) is 9.24. The number of nitrogens with one attached hydrogen (secondary N) is 2. The fraction of sp³-hybridized carbons (Fsp3) is 0.333. The molecule has 6 heteroatoms. The first-order valence-corrected chi connectivity index (χ1v) is 9.31. The molecule has 4 nitrogen and oxygen atoms in total. The Morgan fingerprint density at radius 2 is 2.00 bits per heavy atom. The van der Waals surface area contributed by atoms with Crippen molar-refractivity contribution < 1.29 is 8.42 Å². The monoisotopic (exact) mass is 322 g/mol. The molecule has 0 radical (unpaired) electrons. The molecular formula is C15H18N2O2S2. The minimum atomic E-state index is -3.44. The number of para-hydroxylation sites is 1. The fourth-order valence-corrected chi connectivity index (χ4v) is 4.43. The number of aryl methyl sites for hydroxylation is 1. The second-order valence-electron chi connectivity index (χ2n) is 5.27. The second kappa shape index (κ2) is 5.79. The van der Waals surface area contributed by atoms with Crippen LogP contribution in [0.3, 0.4) is 0 Å². The smallest absolute Gasteiger partial charge is 0.242 e. The first-order chi connectivity index (χ1) is 10.1. The molecule has 1 saturated carbocycles. The molecule has 0 unspecified atom stereocenters. The quantitative estimate of drug-likeness (QED) is 0.859. The number of thiophene rings is 1. The van der Waals surface area contributed by atoms with Crippen LogP contribution in [-0.4, -0.2) is 14.5 Å². The van der Waals surface area contributed by atoms with Gasteiger partial charge in [-0.2, -0.15) is 0 Å². The van der Waals surface area contributed by atoms with E-state index in [1.165, 1.54) is 10.4 Å². The van der Waals surface area contributed by atoms with Crippen molar-refractivity contribution in [2.45, 2.75) is 37.2 Å². The molecule has 0 atom stereocenters. The van der Waals surface area contributed by atoms with Crippen molar-refractivity contribution in [2.75, 3.05) is 5.32 Å². The van der Waals surface area contributed by atoms with E-state index in [9.17, 15) is 8.42 Å². The molecule has 1 aromatic carbocycles. The maximum atomic E-state index is 12.4. The normalized spacial score (nSPS) is 15.1. The lowest BCUT2D eigenvalue weighted by molar-refractivity contribution is 0.581. The molecule has 2 N–H and O–H groups in total. The number of benzene rings is 1. The van der Waals surface area contributed by atoms with Crippen molar-refractivity contribution in [1.82, 2.24) is 4.72 Å². The van der Waals surface area contributed by atoms with Crippen LogP contribution in [0.2, 0.25) is 0 Å². The summed E-state index contributed by atoms with van der Waals surface area (Å²) < 4.78 is 27.5. The molecule has 2 aromatic rings. The summed E-state index contributed by atoms with van der Waals surface area (Å²) in [5.74, 6) is 0. The zero-order valence-corrected chi connectivity index (χ0v) is 13.4. The van der Waals surface area contributed by atoms with Gasteiger partial charge in [-0.3, -0.25) is 0 Å². The molecule has 1 aliphatic carbocycles. The standard InChI is InChI=1S/C15H18N2O2S2/c1-11-8-9-20-14(11)10-16-13-4-2-3-5-15(13)21(18,19)17-12-6-7-12/h2-5,8-9,12,16-17H,6-7,10H2,1H3. The van der Waals surface area contributed by atoms with Gasteiger partial charge in [-0.05, 0) is 48.9 Å². The van der Waals surface area contributed by atoms with Crippen molar-refractivity contribution >= 4 is 27.0 Å². The first kappa shape index (κ1) is 14.6. The van der Waals surface area contributed by atoms with Crippen LogP contribution in [0, 0.1) is 6.92 Å². The van der Waals surface area contributed by atoms with Gasteiger partial charge in [0.1, 0.15) is 4.90 Å². The zero-order chi connectivity index (χ0) is 14.9. The van der Waals surface area contributed by atoms with E-state index in [1.54, 1.807) is 23.5 Å². The molecule has 1 aromatic heterocycles. The molecule has 0 spiro atoms. The summed E-state index contributed by atoms with van der Waals surface area (Å²) in [5.41, 5.74) is 1.88. The average molecular weight is 322 g/mol. The number of anilines is 1. The van der Waals surface area contributed by atoms with E-state index in [2.05, 4.69) is 23.0 Å². The molecular weight excluding hydrogens is 304 g/mol. The van der Waals surface area contributed by atoms with Crippen LogP contribution < -0.4 is 10.0 Å². The third-order valence-corrected chi connectivity index (χ3v) is 6.08. The lowest BCUT2D eigenvalue weighted by Crippen LogP contribution is -2.26. The van der Waals surface area contributed by atoms with E-state index >= 15 is 0 Å². The summed E-state index contributed by atoms with van der Waals surface area (Å²) in [6.07, 6.45) is 1.87. The Kier molecular flexibility index (Phi) is 4.01. The molecule has 3 rings (SSSR count). The van der Waals surface area contributed by atoms with E-state index in [0.717, 1.165) is 12.8 Å². The van der Waals surface area contributed by atoms with Crippen LogP contribution in [0.15, 0.2) is 40.6 Å². The highest BCUT2D eigenvalue weighted by Crippen LogP contribution is 2.27. The maximum absolute atomic E-state index is 12.4. The Morgan fingerprint density at radius 3 is 2.67 bits per heavy atom. The van der Waals surface area contributed by atoms with Crippen LogP contribution in [0.1, 0.15) is 23.3 Å². The number of rotatable bonds is 6. The van der Waals surface area contributed by atoms with E-state index < -0.39 is 10.0 Å². The minimum Gasteiger partial charge on any atom is -0.379 e. The van der Waals surface area contributed by atoms with Crippen molar-refractivity contribution in [2.24, 2.45) is 0 Å². The molecule has 0 saturated heterocycles. The predicted molar refractivity (Wildman–Crippen MR) is 86.2 cm³/mol. The topological polar surface area (TPSA) is 58.2 Å². The largest absolute Gasteiger partial charge is 0.379 e.